The van der Waals surface area contributed by atoms with E-state index < -0.39 is 28.9 Å². The highest BCUT2D eigenvalue weighted by Gasteiger charge is 2.22. The van der Waals surface area contributed by atoms with E-state index in [0.29, 0.717) is 6.07 Å². The first-order chi connectivity index (χ1) is 11.9. The lowest BCUT2D eigenvalue weighted by Crippen LogP contribution is -2.28. The van der Waals surface area contributed by atoms with Crippen molar-refractivity contribution in [3.63, 3.8) is 0 Å². The van der Waals surface area contributed by atoms with Crippen molar-refractivity contribution in [3.05, 3.63) is 81.4 Å². The van der Waals surface area contributed by atoms with E-state index in [1.165, 1.54) is 12.1 Å². The third-order valence-electron chi connectivity index (χ3n) is 3.39. The number of para-hydroxylation sites is 1. The summed E-state index contributed by atoms with van der Waals surface area (Å²) >= 11 is 6.06. The molecular formula is C17H9ClF2N2O3. The monoisotopic (exact) mass is 362 g/mol. The fourth-order valence-corrected chi connectivity index (χ4v) is 2.68. The van der Waals surface area contributed by atoms with Gasteiger partial charge in [-0.1, -0.05) is 29.8 Å². The van der Waals surface area contributed by atoms with Crippen LogP contribution in [0.1, 0.15) is 10.5 Å². The molecular weight excluding hydrogens is 354 g/mol. The molecule has 0 atom stereocenters. The van der Waals surface area contributed by atoms with Crippen LogP contribution in [0.2, 0.25) is 5.15 Å². The second kappa shape index (κ2) is 6.45. The van der Waals surface area contributed by atoms with E-state index in [0.717, 1.165) is 16.7 Å². The summed E-state index contributed by atoms with van der Waals surface area (Å²) in [7, 11) is 0. The number of benzene rings is 2. The molecule has 126 valence electrons. The van der Waals surface area contributed by atoms with Crippen molar-refractivity contribution in [1.82, 2.24) is 9.55 Å². The molecule has 0 fully saturated rings. The van der Waals surface area contributed by atoms with Crippen molar-refractivity contribution >= 4 is 17.6 Å². The molecule has 3 aromatic rings. The third-order valence-corrected chi connectivity index (χ3v) is 3.65. The van der Waals surface area contributed by atoms with Gasteiger partial charge in [0.05, 0.1) is 5.69 Å². The SMILES string of the molecule is O=C(O)c1nc(Cl)c(-c2cc(F)cc(F)c2)n(-c2ccccc2)c1=O. The van der Waals surface area contributed by atoms with Crippen molar-refractivity contribution in [2.45, 2.75) is 0 Å². The number of aromatic carboxylic acids is 1. The van der Waals surface area contributed by atoms with Crippen molar-refractivity contribution in [2.75, 3.05) is 0 Å². The fourth-order valence-electron chi connectivity index (χ4n) is 2.40. The summed E-state index contributed by atoms with van der Waals surface area (Å²) in [6, 6.07) is 10.6. The van der Waals surface area contributed by atoms with Crippen molar-refractivity contribution in [3.8, 4) is 16.9 Å². The number of aromatic nitrogens is 2. The standard InChI is InChI=1S/C17H9ClF2N2O3/c18-15-14(9-6-10(19)8-11(20)7-9)22(12-4-2-1-3-5-12)16(23)13(21-15)17(24)25/h1-8H,(H,24,25). The van der Waals surface area contributed by atoms with Crippen LogP contribution in [0.5, 0.6) is 0 Å². The van der Waals surface area contributed by atoms with Crippen LogP contribution in [-0.2, 0) is 0 Å². The molecule has 0 aliphatic heterocycles. The van der Waals surface area contributed by atoms with E-state index in [9.17, 15) is 18.4 Å². The van der Waals surface area contributed by atoms with E-state index in [1.807, 2.05) is 0 Å². The van der Waals surface area contributed by atoms with Gasteiger partial charge in [0, 0.05) is 17.3 Å². The number of rotatable bonds is 3. The van der Waals surface area contributed by atoms with Gasteiger partial charge in [0.25, 0.3) is 5.56 Å². The summed E-state index contributed by atoms with van der Waals surface area (Å²) < 4.78 is 28.2. The Hall–Kier alpha value is -3.06. The Balaban J connectivity index is 2.44. The van der Waals surface area contributed by atoms with Crippen LogP contribution in [-0.4, -0.2) is 20.6 Å². The van der Waals surface area contributed by atoms with Crippen molar-refractivity contribution < 1.29 is 18.7 Å². The molecule has 1 N–H and O–H groups in total. The van der Waals surface area contributed by atoms with Crippen molar-refractivity contribution in [1.29, 1.82) is 0 Å². The number of nitrogens with zero attached hydrogens (tertiary/aromatic N) is 2. The summed E-state index contributed by atoms with van der Waals surface area (Å²) in [6.45, 7) is 0. The summed E-state index contributed by atoms with van der Waals surface area (Å²) in [6.07, 6.45) is 0. The molecule has 8 heteroatoms. The van der Waals surface area contributed by atoms with Gasteiger partial charge in [-0.2, -0.15) is 0 Å². The molecule has 5 nitrogen and oxygen atoms in total. The molecule has 0 saturated carbocycles. The molecule has 0 spiro atoms. The second-order valence-corrected chi connectivity index (χ2v) is 5.40. The molecule has 0 saturated heterocycles. The first-order valence-corrected chi connectivity index (χ1v) is 7.34. The Morgan fingerprint density at radius 1 is 1.08 bits per heavy atom. The summed E-state index contributed by atoms with van der Waals surface area (Å²) in [4.78, 5) is 27.4. The predicted octanol–water partition coefficient (Wildman–Crippen LogP) is 3.53. The van der Waals surface area contributed by atoms with Gasteiger partial charge in [-0.25, -0.2) is 18.6 Å². The lowest BCUT2D eigenvalue weighted by Gasteiger charge is -2.15. The van der Waals surface area contributed by atoms with Gasteiger partial charge < -0.3 is 5.11 Å². The van der Waals surface area contributed by atoms with Crippen molar-refractivity contribution in [2.24, 2.45) is 0 Å². The molecule has 0 bridgehead atoms. The maximum absolute atomic E-state index is 13.6. The zero-order valence-electron chi connectivity index (χ0n) is 12.4. The summed E-state index contributed by atoms with van der Waals surface area (Å²) in [5.41, 5.74) is -1.65. The van der Waals surface area contributed by atoms with Crippen LogP contribution in [0.25, 0.3) is 16.9 Å². The normalized spacial score (nSPS) is 10.7. The maximum Gasteiger partial charge on any atom is 0.360 e. The number of hydrogen-bond acceptors (Lipinski definition) is 3. The first-order valence-electron chi connectivity index (χ1n) is 6.96. The van der Waals surface area contributed by atoms with E-state index in [2.05, 4.69) is 4.98 Å². The van der Waals surface area contributed by atoms with Gasteiger partial charge in [-0.3, -0.25) is 9.36 Å². The second-order valence-electron chi connectivity index (χ2n) is 5.04. The van der Waals surface area contributed by atoms with E-state index in [-0.39, 0.29) is 22.1 Å². The van der Waals surface area contributed by atoms with Crippen LogP contribution in [0.3, 0.4) is 0 Å². The Bertz CT molecular complexity index is 1020. The zero-order valence-corrected chi connectivity index (χ0v) is 13.2. The topological polar surface area (TPSA) is 72.2 Å². The van der Waals surface area contributed by atoms with Gasteiger partial charge in [0.2, 0.25) is 5.69 Å². The molecule has 0 radical (unpaired) electrons. The lowest BCUT2D eigenvalue weighted by atomic mass is 10.1. The first kappa shape index (κ1) is 16.8. The average molecular weight is 363 g/mol. The molecule has 1 heterocycles. The minimum atomic E-state index is -1.56. The van der Waals surface area contributed by atoms with Gasteiger partial charge in [-0.05, 0) is 24.3 Å². The number of carboxylic acid groups (broad SMARTS) is 1. The molecule has 25 heavy (non-hydrogen) atoms. The van der Waals surface area contributed by atoms with Gasteiger partial charge >= 0.3 is 5.97 Å². The smallest absolute Gasteiger partial charge is 0.360 e. The number of carboxylic acids is 1. The van der Waals surface area contributed by atoms with E-state index in [4.69, 9.17) is 16.7 Å². The van der Waals surface area contributed by atoms with Crippen LogP contribution in [0.4, 0.5) is 8.78 Å². The minimum absolute atomic E-state index is 0.0482. The van der Waals surface area contributed by atoms with Crippen LogP contribution < -0.4 is 5.56 Å². The number of carbonyl (C=O) groups is 1. The molecule has 0 amide bonds. The molecule has 0 aliphatic rings. The van der Waals surface area contributed by atoms with Crippen LogP contribution >= 0.6 is 11.6 Å². The number of halogens is 3. The number of hydrogen-bond donors (Lipinski definition) is 1. The maximum atomic E-state index is 13.6. The fraction of sp³-hybridized carbons (Fsp3) is 0. The Morgan fingerprint density at radius 3 is 2.24 bits per heavy atom. The Morgan fingerprint density at radius 2 is 1.68 bits per heavy atom. The summed E-state index contributed by atoms with van der Waals surface area (Å²) in [5, 5.41) is 8.79. The van der Waals surface area contributed by atoms with Crippen LogP contribution in [0, 0.1) is 11.6 Å². The highest BCUT2D eigenvalue weighted by atomic mass is 35.5. The summed E-state index contributed by atoms with van der Waals surface area (Å²) in [5.74, 6) is -3.31. The average Bonchev–Trinajstić information content (AvgIpc) is 2.55. The van der Waals surface area contributed by atoms with E-state index in [1.54, 1.807) is 18.2 Å². The Labute approximate surface area is 144 Å². The zero-order chi connectivity index (χ0) is 18.1. The van der Waals surface area contributed by atoms with E-state index >= 15 is 0 Å². The molecule has 0 aliphatic carbocycles. The lowest BCUT2D eigenvalue weighted by molar-refractivity contribution is 0.0688. The quantitative estimate of drug-likeness (QED) is 0.773. The highest BCUT2D eigenvalue weighted by molar-refractivity contribution is 6.32. The molecule has 2 aromatic carbocycles. The predicted molar refractivity (Wildman–Crippen MR) is 87.2 cm³/mol. The molecule has 0 unspecified atom stereocenters. The molecule has 3 rings (SSSR count). The van der Waals surface area contributed by atoms with Crippen LogP contribution in [0.15, 0.2) is 53.3 Å². The Kier molecular flexibility index (Phi) is 4.33. The van der Waals surface area contributed by atoms with Gasteiger partial charge in [0.1, 0.15) is 11.6 Å². The van der Waals surface area contributed by atoms with Gasteiger partial charge in [-0.15, -0.1) is 0 Å². The third kappa shape index (κ3) is 3.14. The largest absolute Gasteiger partial charge is 0.476 e. The minimum Gasteiger partial charge on any atom is -0.476 e. The van der Waals surface area contributed by atoms with Gasteiger partial charge in [0.15, 0.2) is 5.15 Å². The molecule has 1 aromatic heterocycles. The highest BCUT2D eigenvalue weighted by Crippen LogP contribution is 2.29.